The minimum absolute atomic E-state index is 0.0356. The van der Waals surface area contributed by atoms with Crippen molar-refractivity contribution >= 4 is 17.5 Å². The van der Waals surface area contributed by atoms with E-state index in [1.165, 1.54) is 0 Å². The van der Waals surface area contributed by atoms with Gasteiger partial charge in [0.1, 0.15) is 0 Å². The molecule has 0 unspecified atom stereocenters. The molecule has 0 aliphatic carbocycles. The van der Waals surface area contributed by atoms with E-state index >= 15 is 0 Å². The van der Waals surface area contributed by atoms with Crippen LogP contribution in [0.3, 0.4) is 0 Å². The molecule has 0 radical (unpaired) electrons. The zero-order valence-electron chi connectivity index (χ0n) is 13.4. The van der Waals surface area contributed by atoms with Crippen molar-refractivity contribution in [1.29, 1.82) is 0 Å². The highest BCUT2D eigenvalue weighted by Crippen LogP contribution is 2.29. The number of halogens is 1. The van der Waals surface area contributed by atoms with Crippen molar-refractivity contribution in [2.24, 2.45) is 0 Å². The molecule has 2 rings (SSSR count). The fourth-order valence-electron chi connectivity index (χ4n) is 2.05. The highest BCUT2D eigenvalue weighted by molar-refractivity contribution is 6.30. The maximum atomic E-state index is 12.3. The number of hydrogen-bond donors (Lipinski definition) is 1. The molecule has 0 atom stereocenters. The molecule has 0 bridgehead atoms. The molecule has 1 amide bonds. The number of ether oxygens (including phenoxy) is 2. The van der Waals surface area contributed by atoms with Gasteiger partial charge in [-0.25, -0.2) is 0 Å². The summed E-state index contributed by atoms with van der Waals surface area (Å²) in [6, 6.07) is 12.5. The summed E-state index contributed by atoms with van der Waals surface area (Å²) in [6.07, 6.45) is 0.0356. The van der Waals surface area contributed by atoms with E-state index in [2.05, 4.69) is 5.32 Å². The molecule has 2 aromatic rings. The number of nitrogens with one attached hydrogen (secondary N) is 1. The summed E-state index contributed by atoms with van der Waals surface area (Å²) in [5.74, 6) is 0.990. The van der Waals surface area contributed by atoms with E-state index in [1.807, 2.05) is 26.0 Å². The average molecular weight is 334 g/mol. The molecule has 0 aromatic heterocycles. The van der Waals surface area contributed by atoms with E-state index in [0.29, 0.717) is 28.6 Å². The number of benzene rings is 2. The van der Waals surface area contributed by atoms with Gasteiger partial charge in [0.15, 0.2) is 11.5 Å². The minimum atomic E-state index is -0.172. The van der Waals surface area contributed by atoms with Gasteiger partial charge in [0, 0.05) is 17.1 Å². The second-order valence-electron chi connectivity index (χ2n) is 5.34. The first-order valence-electron chi connectivity index (χ1n) is 7.37. The second kappa shape index (κ2) is 7.88. The molecular weight excluding hydrogens is 314 g/mol. The van der Waals surface area contributed by atoms with Crippen LogP contribution in [0.15, 0.2) is 42.5 Å². The Labute approximate surface area is 141 Å². The summed E-state index contributed by atoms with van der Waals surface area (Å²) in [6.45, 7) is 4.31. The molecule has 0 saturated heterocycles. The quantitative estimate of drug-likeness (QED) is 0.867. The second-order valence-corrected chi connectivity index (χ2v) is 5.78. The third-order valence-corrected chi connectivity index (χ3v) is 3.41. The van der Waals surface area contributed by atoms with Gasteiger partial charge in [-0.2, -0.15) is 0 Å². The van der Waals surface area contributed by atoms with Gasteiger partial charge in [-0.05, 0) is 49.7 Å². The van der Waals surface area contributed by atoms with Gasteiger partial charge in [-0.15, -0.1) is 0 Å². The van der Waals surface area contributed by atoms with Crippen LogP contribution < -0.4 is 14.8 Å². The van der Waals surface area contributed by atoms with E-state index in [-0.39, 0.29) is 12.0 Å². The van der Waals surface area contributed by atoms with E-state index in [0.717, 1.165) is 5.56 Å². The number of rotatable bonds is 6. The van der Waals surface area contributed by atoms with Crippen molar-refractivity contribution in [3.05, 3.63) is 58.6 Å². The standard InChI is InChI=1S/C18H20ClNO3/c1-12(2)23-16-9-6-14(10-17(16)22-3)18(21)20-11-13-4-7-15(19)8-5-13/h4-10,12H,11H2,1-3H3,(H,20,21). The Hall–Kier alpha value is -2.20. The molecule has 4 nitrogen and oxygen atoms in total. The van der Waals surface area contributed by atoms with Crippen LogP contribution in [0.1, 0.15) is 29.8 Å². The van der Waals surface area contributed by atoms with Gasteiger partial charge in [0.2, 0.25) is 0 Å². The topological polar surface area (TPSA) is 47.6 Å². The number of methoxy groups -OCH3 is 1. The van der Waals surface area contributed by atoms with Gasteiger partial charge in [-0.1, -0.05) is 23.7 Å². The molecule has 0 spiro atoms. The molecule has 23 heavy (non-hydrogen) atoms. The van der Waals surface area contributed by atoms with Crippen molar-refractivity contribution in [3.8, 4) is 11.5 Å². The van der Waals surface area contributed by atoms with Crippen LogP contribution in [-0.4, -0.2) is 19.1 Å². The van der Waals surface area contributed by atoms with Crippen molar-refractivity contribution in [2.75, 3.05) is 7.11 Å². The summed E-state index contributed by atoms with van der Waals surface area (Å²) < 4.78 is 10.9. The Morgan fingerprint density at radius 1 is 1.13 bits per heavy atom. The average Bonchev–Trinajstić information content (AvgIpc) is 2.54. The monoisotopic (exact) mass is 333 g/mol. The highest BCUT2D eigenvalue weighted by Gasteiger charge is 2.12. The van der Waals surface area contributed by atoms with Gasteiger partial charge in [-0.3, -0.25) is 4.79 Å². The molecule has 0 heterocycles. The smallest absolute Gasteiger partial charge is 0.251 e. The predicted octanol–water partition coefficient (Wildman–Crippen LogP) is 4.07. The van der Waals surface area contributed by atoms with Crippen LogP contribution >= 0.6 is 11.6 Å². The highest BCUT2D eigenvalue weighted by atomic mass is 35.5. The first kappa shape index (κ1) is 17.2. The van der Waals surface area contributed by atoms with Crippen LogP contribution in [0.25, 0.3) is 0 Å². The summed E-state index contributed by atoms with van der Waals surface area (Å²) >= 11 is 5.84. The summed E-state index contributed by atoms with van der Waals surface area (Å²) in [5.41, 5.74) is 1.50. The summed E-state index contributed by atoms with van der Waals surface area (Å²) in [5, 5.41) is 3.54. The molecule has 0 aliphatic heterocycles. The van der Waals surface area contributed by atoms with Gasteiger partial charge in [0.25, 0.3) is 5.91 Å². The van der Waals surface area contributed by atoms with Gasteiger partial charge < -0.3 is 14.8 Å². The lowest BCUT2D eigenvalue weighted by molar-refractivity contribution is 0.0950. The molecular formula is C18H20ClNO3. The molecule has 122 valence electrons. The maximum absolute atomic E-state index is 12.3. The van der Waals surface area contributed by atoms with Crippen LogP contribution in [0.2, 0.25) is 5.02 Å². The molecule has 0 aliphatic rings. The van der Waals surface area contributed by atoms with Crippen LogP contribution in [0.4, 0.5) is 0 Å². The lowest BCUT2D eigenvalue weighted by Crippen LogP contribution is -2.22. The lowest BCUT2D eigenvalue weighted by Gasteiger charge is -2.14. The number of amides is 1. The van der Waals surface area contributed by atoms with E-state index in [1.54, 1.807) is 37.4 Å². The molecule has 0 fully saturated rings. The van der Waals surface area contributed by atoms with Crippen LogP contribution in [-0.2, 0) is 6.54 Å². The normalized spacial score (nSPS) is 10.5. The molecule has 0 saturated carbocycles. The SMILES string of the molecule is COc1cc(C(=O)NCc2ccc(Cl)cc2)ccc1OC(C)C. The maximum Gasteiger partial charge on any atom is 0.251 e. The number of carbonyl (C=O) groups is 1. The van der Waals surface area contributed by atoms with Crippen molar-refractivity contribution < 1.29 is 14.3 Å². The fourth-order valence-corrected chi connectivity index (χ4v) is 2.17. The first-order chi connectivity index (χ1) is 11.0. The van der Waals surface area contributed by atoms with Gasteiger partial charge in [0.05, 0.1) is 13.2 Å². The molecule has 2 aromatic carbocycles. The van der Waals surface area contributed by atoms with Crippen molar-refractivity contribution in [1.82, 2.24) is 5.32 Å². The summed E-state index contributed by atoms with van der Waals surface area (Å²) in [4.78, 5) is 12.3. The lowest BCUT2D eigenvalue weighted by atomic mass is 10.1. The van der Waals surface area contributed by atoms with E-state index in [4.69, 9.17) is 21.1 Å². The third-order valence-electron chi connectivity index (χ3n) is 3.15. The predicted molar refractivity (Wildman–Crippen MR) is 91.4 cm³/mol. The zero-order chi connectivity index (χ0) is 16.8. The Morgan fingerprint density at radius 3 is 2.43 bits per heavy atom. The molecule has 1 N–H and O–H groups in total. The third kappa shape index (κ3) is 4.89. The Balaban J connectivity index is 2.05. The Bertz CT molecular complexity index is 668. The Kier molecular flexibility index (Phi) is 5.88. The van der Waals surface area contributed by atoms with Crippen molar-refractivity contribution in [2.45, 2.75) is 26.5 Å². The number of hydrogen-bond acceptors (Lipinski definition) is 3. The minimum Gasteiger partial charge on any atom is -0.493 e. The summed E-state index contributed by atoms with van der Waals surface area (Å²) in [7, 11) is 1.55. The zero-order valence-corrected chi connectivity index (χ0v) is 14.2. The van der Waals surface area contributed by atoms with E-state index in [9.17, 15) is 4.79 Å². The Morgan fingerprint density at radius 2 is 1.83 bits per heavy atom. The van der Waals surface area contributed by atoms with E-state index < -0.39 is 0 Å². The number of carbonyl (C=O) groups excluding carboxylic acids is 1. The van der Waals surface area contributed by atoms with Crippen molar-refractivity contribution in [3.63, 3.8) is 0 Å². The largest absolute Gasteiger partial charge is 0.493 e. The van der Waals surface area contributed by atoms with Crippen LogP contribution in [0, 0.1) is 0 Å². The first-order valence-corrected chi connectivity index (χ1v) is 7.74. The fraction of sp³-hybridized carbons (Fsp3) is 0.278. The molecule has 5 heteroatoms. The van der Waals surface area contributed by atoms with Crippen LogP contribution in [0.5, 0.6) is 11.5 Å². The van der Waals surface area contributed by atoms with Gasteiger partial charge >= 0.3 is 0 Å².